The van der Waals surface area contributed by atoms with E-state index in [4.69, 9.17) is 9.47 Å². The van der Waals surface area contributed by atoms with Gasteiger partial charge in [-0.25, -0.2) is 4.98 Å². The van der Waals surface area contributed by atoms with Crippen LogP contribution < -0.4 is 4.74 Å². The Morgan fingerprint density at radius 1 is 1.14 bits per heavy atom. The van der Waals surface area contributed by atoms with Gasteiger partial charge in [0, 0.05) is 31.8 Å². The van der Waals surface area contributed by atoms with Crippen LogP contribution in [0.3, 0.4) is 0 Å². The first-order chi connectivity index (χ1) is 10.5. The monoisotopic (exact) mass is 296 g/mol. The van der Waals surface area contributed by atoms with E-state index < -0.39 is 5.79 Å². The van der Waals surface area contributed by atoms with Crippen molar-refractivity contribution in [3.63, 3.8) is 0 Å². The zero-order valence-electron chi connectivity index (χ0n) is 13.4. The summed E-state index contributed by atoms with van der Waals surface area (Å²) in [6, 6.07) is 3.93. The molecule has 0 aromatic carbocycles. The highest BCUT2D eigenvalue weighted by Gasteiger charge is 2.30. The Morgan fingerprint density at radius 3 is 2.59 bits per heavy atom. The van der Waals surface area contributed by atoms with Gasteiger partial charge in [-0.15, -0.1) is 0 Å². The van der Waals surface area contributed by atoms with Gasteiger partial charge in [0.1, 0.15) is 5.75 Å². The van der Waals surface area contributed by atoms with E-state index in [1.807, 2.05) is 45.1 Å². The highest BCUT2D eigenvalue weighted by Crippen LogP contribution is 2.36. The Bertz CT molecular complexity index is 722. The summed E-state index contributed by atoms with van der Waals surface area (Å²) in [5.74, 6) is 0.259. The molecule has 0 saturated carbocycles. The van der Waals surface area contributed by atoms with Gasteiger partial charge < -0.3 is 9.47 Å². The van der Waals surface area contributed by atoms with Crippen molar-refractivity contribution in [1.82, 2.24) is 9.97 Å². The van der Waals surface area contributed by atoms with Gasteiger partial charge in [-0.3, -0.25) is 4.98 Å². The minimum absolute atomic E-state index is 0.549. The third-order valence-corrected chi connectivity index (χ3v) is 3.78. The molecule has 1 aliphatic rings. The Morgan fingerprint density at radius 2 is 1.86 bits per heavy atom. The average molecular weight is 296 g/mol. The van der Waals surface area contributed by atoms with Crippen molar-refractivity contribution in [1.29, 1.82) is 0 Å². The molecule has 4 nitrogen and oxygen atoms in total. The molecule has 0 amide bonds. The van der Waals surface area contributed by atoms with E-state index in [2.05, 4.69) is 16.9 Å². The molecule has 0 unspecified atom stereocenters. The molecule has 0 fully saturated rings. The van der Waals surface area contributed by atoms with Gasteiger partial charge >= 0.3 is 0 Å². The number of hydrogen-bond acceptors (Lipinski definition) is 4. The van der Waals surface area contributed by atoms with Crippen LogP contribution in [0.5, 0.6) is 5.75 Å². The molecule has 0 bridgehead atoms. The summed E-state index contributed by atoms with van der Waals surface area (Å²) in [5, 5.41) is 0. The van der Waals surface area contributed by atoms with Crippen LogP contribution in [0.4, 0.5) is 0 Å². The molecule has 0 aliphatic carbocycles. The SMILES string of the molecule is Cc1nc(/C=C/c2ccncc2)c(C)c2c1OC(C)(C)OC2. The van der Waals surface area contributed by atoms with E-state index in [0.717, 1.165) is 33.8 Å². The van der Waals surface area contributed by atoms with Crippen molar-refractivity contribution in [2.24, 2.45) is 0 Å². The predicted molar refractivity (Wildman–Crippen MR) is 86.4 cm³/mol. The molecule has 114 valence electrons. The third kappa shape index (κ3) is 2.88. The number of ether oxygens (including phenoxy) is 2. The first-order valence-corrected chi connectivity index (χ1v) is 7.37. The number of pyridine rings is 2. The van der Waals surface area contributed by atoms with Crippen LogP contribution in [0.25, 0.3) is 12.2 Å². The number of aromatic nitrogens is 2. The van der Waals surface area contributed by atoms with Crippen molar-refractivity contribution >= 4 is 12.2 Å². The molecule has 0 saturated heterocycles. The molecule has 22 heavy (non-hydrogen) atoms. The second kappa shape index (κ2) is 5.54. The lowest BCUT2D eigenvalue weighted by Gasteiger charge is -2.34. The highest BCUT2D eigenvalue weighted by atomic mass is 16.7. The quantitative estimate of drug-likeness (QED) is 0.843. The molecular weight excluding hydrogens is 276 g/mol. The van der Waals surface area contributed by atoms with Crippen LogP contribution >= 0.6 is 0 Å². The Hall–Kier alpha value is -2.20. The van der Waals surface area contributed by atoms with Gasteiger partial charge in [0.15, 0.2) is 0 Å². The number of rotatable bonds is 2. The maximum Gasteiger partial charge on any atom is 0.205 e. The summed E-state index contributed by atoms with van der Waals surface area (Å²) in [7, 11) is 0. The fourth-order valence-corrected chi connectivity index (χ4v) is 2.50. The van der Waals surface area contributed by atoms with Crippen molar-refractivity contribution in [2.75, 3.05) is 0 Å². The Labute approximate surface area is 130 Å². The smallest absolute Gasteiger partial charge is 0.205 e. The second-order valence-electron chi connectivity index (χ2n) is 5.92. The maximum atomic E-state index is 5.93. The lowest BCUT2D eigenvalue weighted by atomic mass is 10.0. The third-order valence-electron chi connectivity index (χ3n) is 3.78. The average Bonchev–Trinajstić information content (AvgIpc) is 2.49. The Balaban J connectivity index is 1.98. The molecule has 0 N–H and O–H groups in total. The minimum Gasteiger partial charge on any atom is -0.461 e. The second-order valence-corrected chi connectivity index (χ2v) is 5.92. The van der Waals surface area contributed by atoms with Crippen molar-refractivity contribution in [2.45, 2.75) is 40.1 Å². The number of aryl methyl sites for hydroxylation is 1. The summed E-state index contributed by atoms with van der Waals surface area (Å²) in [6.07, 6.45) is 7.62. The zero-order valence-corrected chi connectivity index (χ0v) is 13.4. The number of fused-ring (bicyclic) bond motifs is 1. The number of hydrogen-bond donors (Lipinski definition) is 0. The summed E-state index contributed by atoms with van der Waals surface area (Å²) in [4.78, 5) is 8.70. The summed E-state index contributed by atoms with van der Waals surface area (Å²) < 4.78 is 11.7. The molecule has 1 aliphatic heterocycles. The van der Waals surface area contributed by atoms with E-state index in [0.29, 0.717) is 6.61 Å². The molecular formula is C18H20N2O2. The topological polar surface area (TPSA) is 44.2 Å². The molecule has 2 aromatic heterocycles. The first kappa shape index (κ1) is 14.7. The first-order valence-electron chi connectivity index (χ1n) is 7.37. The van der Waals surface area contributed by atoms with Crippen molar-refractivity contribution in [3.8, 4) is 5.75 Å². The molecule has 3 heterocycles. The lowest BCUT2D eigenvalue weighted by Crippen LogP contribution is -2.36. The van der Waals surface area contributed by atoms with E-state index in [9.17, 15) is 0 Å². The van der Waals surface area contributed by atoms with Crippen LogP contribution in [0.2, 0.25) is 0 Å². The number of nitrogens with zero attached hydrogens (tertiary/aromatic N) is 2. The van der Waals surface area contributed by atoms with Crippen molar-refractivity contribution < 1.29 is 9.47 Å². The van der Waals surface area contributed by atoms with Crippen LogP contribution in [0.15, 0.2) is 24.5 Å². The largest absolute Gasteiger partial charge is 0.461 e. The molecule has 2 aromatic rings. The lowest BCUT2D eigenvalue weighted by molar-refractivity contribution is -0.180. The maximum absolute atomic E-state index is 5.93. The molecule has 4 heteroatoms. The van der Waals surface area contributed by atoms with Gasteiger partial charge in [0.25, 0.3) is 0 Å². The Kier molecular flexibility index (Phi) is 3.71. The minimum atomic E-state index is -0.597. The standard InChI is InChI=1S/C18H20N2O2/c1-12-15-11-21-18(3,4)22-17(15)13(2)20-16(12)6-5-14-7-9-19-10-8-14/h5-10H,11H2,1-4H3/b6-5+. The van der Waals surface area contributed by atoms with Gasteiger partial charge in [-0.1, -0.05) is 6.08 Å². The molecule has 3 rings (SSSR count). The van der Waals surface area contributed by atoms with E-state index in [-0.39, 0.29) is 0 Å². The molecule has 0 atom stereocenters. The summed E-state index contributed by atoms with van der Waals surface area (Å²) >= 11 is 0. The van der Waals surface area contributed by atoms with Gasteiger partial charge in [-0.05, 0) is 43.2 Å². The van der Waals surface area contributed by atoms with Gasteiger partial charge in [-0.2, -0.15) is 0 Å². The van der Waals surface area contributed by atoms with Crippen LogP contribution in [0, 0.1) is 13.8 Å². The normalized spacial score (nSPS) is 16.4. The summed E-state index contributed by atoms with van der Waals surface area (Å²) in [5.41, 5.74) is 5.12. The molecule has 0 radical (unpaired) electrons. The fraction of sp³-hybridized carbons (Fsp3) is 0.333. The van der Waals surface area contributed by atoms with E-state index in [1.165, 1.54) is 0 Å². The van der Waals surface area contributed by atoms with Gasteiger partial charge in [0.2, 0.25) is 5.79 Å². The van der Waals surface area contributed by atoms with Crippen LogP contribution in [-0.4, -0.2) is 15.8 Å². The van der Waals surface area contributed by atoms with Gasteiger partial charge in [0.05, 0.1) is 18.0 Å². The summed E-state index contributed by atoms with van der Waals surface area (Å²) in [6.45, 7) is 8.42. The van der Waals surface area contributed by atoms with Crippen LogP contribution in [0.1, 0.15) is 41.9 Å². The van der Waals surface area contributed by atoms with Crippen molar-refractivity contribution in [3.05, 3.63) is 52.6 Å². The fourth-order valence-electron chi connectivity index (χ4n) is 2.50. The molecule has 0 spiro atoms. The predicted octanol–water partition coefficient (Wildman–Crippen LogP) is 3.91. The van der Waals surface area contributed by atoms with E-state index >= 15 is 0 Å². The zero-order chi connectivity index (χ0) is 15.7. The van der Waals surface area contributed by atoms with E-state index in [1.54, 1.807) is 12.4 Å². The van der Waals surface area contributed by atoms with Crippen LogP contribution in [-0.2, 0) is 11.3 Å². The highest BCUT2D eigenvalue weighted by molar-refractivity contribution is 5.70.